The molecule has 0 aliphatic rings. The quantitative estimate of drug-likeness (QED) is 0.747. The van der Waals surface area contributed by atoms with Crippen LogP contribution in [0.4, 0.5) is 5.69 Å². The largest absolute Gasteiger partial charge is 0.480 e. The summed E-state index contributed by atoms with van der Waals surface area (Å²) < 4.78 is 0. The fraction of sp³-hybridized carbons (Fsp3) is 0.286. The molecule has 0 radical (unpaired) electrons. The number of hydrogen-bond acceptors (Lipinski definition) is 3. The van der Waals surface area contributed by atoms with Crippen molar-refractivity contribution in [3.8, 4) is 12.3 Å². The molecule has 1 amide bonds. The molecule has 1 aromatic carbocycles. The van der Waals surface area contributed by atoms with Gasteiger partial charge in [0.2, 0.25) is 5.91 Å². The van der Waals surface area contributed by atoms with Gasteiger partial charge in [-0.2, -0.15) is 0 Å². The summed E-state index contributed by atoms with van der Waals surface area (Å²) in [6, 6.07) is 7.36. The van der Waals surface area contributed by atoms with Crippen LogP contribution in [0.3, 0.4) is 0 Å². The number of benzene rings is 1. The van der Waals surface area contributed by atoms with Crippen LogP contribution in [-0.2, 0) is 9.59 Å². The van der Waals surface area contributed by atoms with Gasteiger partial charge >= 0.3 is 5.97 Å². The molecule has 0 spiro atoms. The van der Waals surface area contributed by atoms with Gasteiger partial charge in [-0.15, -0.1) is 6.42 Å². The first-order chi connectivity index (χ1) is 9.02. The molecule has 0 bridgehead atoms. The molecule has 0 aliphatic carbocycles. The number of rotatable bonds is 6. The fourth-order valence-electron chi connectivity index (χ4n) is 1.59. The molecule has 0 heterocycles. The lowest BCUT2D eigenvalue weighted by Gasteiger charge is -2.17. The summed E-state index contributed by atoms with van der Waals surface area (Å²) in [4.78, 5) is 23.8. The Labute approximate surface area is 112 Å². The smallest absolute Gasteiger partial charge is 0.317 e. The molecular weight excluding hydrogens is 244 g/mol. The maximum atomic E-state index is 11.8. The highest BCUT2D eigenvalue weighted by Crippen LogP contribution is 2.12. The van der Waals surface area contributed by atoms with E-state index in [0.717, 1.165) is 5.56 Å². The van der Waals surface area contributed by atoms with Crippen LogP contribution in [0.1, 0.15) is 5.56 Å². The summed E-state index contributed by atoms with van der Waals surface area (Å²) in [6.45, 7) is 1.69. The Kier molecular flexibility index (Phi) is 5.58. The van der Waals surface area contributed by atoms with Gasteiger partial charge in [-0.05, 0) is 18.6 Å². The number of hydrogen-bond donors (Lipinski definition) is 2. The van der Waals surface area contributed by atoms with E-state index in [4.69, 9.17) is 11.5 Å². The van der Waals surface area contributed by atoms with E-state index in [1.54, 1.807) is 6.07 Å². The zero-order chi connectivity index (χ0) is 14.3. The lowest BCUT2D eigenvalue weighted by molar-refractivity contribution is -0.138. The number of aryl methyl sites for hydroxylation is 1. The Morgan fingerprint density at radius 1 is 1.37 bits per heavy atom. The van der Waals surface area contributed by atoms with Crippen LogP contribution in [-0.4, -0.2) is 41.5 Å². The summed E-state index contributed by atoms with van der Waals surface area (Å²) in [5, 5.41) is 11.4. The molecule has 1 rings (SSSR count). The number of aliphatic carboxylic acids is 1. The predicted octanol–water partition coefficient (Wildman–Crippen LogP) is 0.953. The van der Waals surface area contributed by atoms with Gasteiger partial charge in [0, 0.05) is 5.69 Å². The maximum Gasteiger partial charge on any atom is 0.317 e. The summed E-state index contributed by atoms with van der Waals surface area (Å²) in [6.07, 6.45) is 5.14. The Morgan fingerprint density at radius 3 is 2.63 bits per heavy atom. The van der Waals surface area contributed by atoms with Gasteiger partial charge in [-0.1, -0.05) is 24.1 Å². The minimum atomic E-state index is -1.01. The Bertz CT molecular complexity index is 506. The highest BCUT2D eigenvalue weighted by atomic mass is 16.4. The lowest BCUT2D eigenvalue weighted by Crippen LogP contribution is -2.37. The minimum Gasteiger partial charge on any atom is -0.480 e. The van der Waals surface area contributed by atoms with Crippen molar-refractivity contribution in [3.63, 3.8) is 0 Å². The number of nitrogens with zero attached hydrogens (tertiary/aromatic N) is 1. The van der Waals surface area contributed by atoms with Crippen LogP contribution in [0.15, 0.2) is 24.3 Å². The molecule has 5 heteroatoms. The van der Waals surface area contributed by atoms with Crippen molar-refractivity contribution in [3.05, 3.63) is 29.8 Å². The van der Waals surface area contributed by atoms with Gasteiger partial charge in [-0.3, -0.25) is 14.5 Å². The van der Waals surface area contributed by atoms with Gasteiger partial charge < -0.3 is 10.4 Å². The van der Waals surface area contributed by atoms with E-state index in [-0.39, 0.29) is 25.5 Å². The highest BCUT2D eigenvalue weighted by molar-refractivity contribution is 5.93. The number of para-hydroxylation sites is 1. The summed E-state index contributed by atoms with van der Waals surface area (Å²) in [7, 11) is 0. The van der Waals surface area contributed by atoms with E-state index in [1.807, 2.05) is 25.1 Å². The van der Waals surface area contributed by atoms with Crippen LogP contribution in [0.5, 0.6) is 0 Å². The maximum absolute atomic E-state index is 11.8. The van der Waals surface area contributed by atoms with E-state index >= 15 is 0 Å². The van der Waals surface area contributed by atoms with E-state index in [2.05, 4.69) is 11.2 Å². The molecule has 0 aromatic heterocycles. The lowest BCUT2D eigenvalue weighted by atomic mass is 10.2. The molecular formula is C14H16N2O3. The van der Waals surface area contributed by atoms with Crippen molar-refractivity contribution in [1.29, 1.82) is 0 Å². The highest BCUT2D eigenvalue weighted by Gasteiger charge is 2.13. The number of anilines is 1. The number of carboxylic acid groups (broad SMARTS) is 1. The van der Waals surface area contributed by atoms with Crippen LogP contribution in [0, 0.1) is 19.3 Å². The third kappa shape index (κ3) is 5.23. The number of carboxylic acids is 1. The number of carbonyl (C=O) groups is 2. The molecule has 19 heavy (non-hydrogen) atoms. The topological polar surface area (TPSA) is 69.6 Å². The number of amides is 1. The molecule has 0 saturated heterocycles. The van der Waals surface area contributed by atoms with Gasteiger partial charge in [0.25, 0.3) is 0 Å². The fourth-order valence-corrected chi connectivity index (χ4v) is 1.59. The second-order valence-electron chi connectivity index (χ2n) is 4.11. The molecule has 1 aromatic rings. The zero-order valence-corrected chi connectivity index (χ0v) is 10.7. The molecule has 0 fully saturated rings. The average molecular weight is 260 g/mol. The number of carbonyl (C=O) groups excluding carboxylic acids is 1. The predicted molar refractivity (Wildman–Crippen MR) is 72.7 cm³/mol. The van der Waals surface area contributed by atoms with Crippen LogP contribution < -0.4 is 5.32 Å². The van der Waals surface area contributed by atoms with Crippen molar-refractivity contribution in [2.45, 2.75) is 6.92 Å². The Hall–Kier alpha value is -2.32. The third-order valence-corrected chi connectivity index (χ3v) is 2.46. The normalized spacial score (nSPS) is 9.95. The summed E-state index contributed by atoms with van der Waals surface area (Å²) in [5.41, 5.74) is 1.65. The average Bonchev–Trinajstić information content (AvgIpc) is 2.31. The molecule has 5 nitrogen and oxygen atoms in total. The molecule has 0 aliphatic heterocycles. The summed E-state index contributed by atoms with van der Waals surface area (Å²) in [5.74, 6) is 1.04. The van der Waals surface area contributed by atoms with E-state index < -0.39 is 5.97 Å². The monoisotopic (exact) mass is 260 g/mol. The van der Waals surface area contributed by atoms with E-state index in [1.165, 1.54) is 4.90 Å². The SMILES string of the molecule is C#CCN(CC(=O)O)CC(=O)Nc1ccccc1C. The van der Waals surface area contributed by atoms with Gasteiger partial charge in [0.05, 0.1) is 19.6 Å². The Morgan fingerprint density at radius 2 is 2.05 bits per heavy atom. The standard InChI is InChI=1S/C14H16N2O3/c1-3-8-16(10-14(18)19)9-13(17)15-12-7-5-4-6-11(12)2/h1,4-7H,8-10H2,2H3,(H,15,17)(H,18,19). The first-order valence-corrected chi connectivity index (χ1v) is 5.76. The van der Waals surface area contributed by atoms with E-state index in [0.29, 0.717) is 5.69 Å². The Balaban J connectivity index is 2.60. The van der Waals surface area contributed by atoms with E-state index in [9.17, 15) is 9.59 Å². The first kappa shape index (κ1) is 14.7. The molecule has 0 unspecified atom stereocenters. The second kappa shape index (κ2) is 7.19. The molecule has 0 saturated carbocycles. The van der Waals surface area contributed by atoms with Crippen LogP contribution >= 0.6 is 0 Å². The van der Waals surface area contributed by atoms with Crippen molar-refractivity contribution in [2.24, 2.45) is 0 Å². The minimum absolute atomic E-state index is 0.0508. The number of terminal acetylenes is 1. The molecule has 100 valence electrons. The first-order valence-electron chi connectivity index (χ1n) is 5.76. The van der Waals surface area contributed by atoms with Gasteiger partial charge in [-0.25, -0.2) is 0 Å². The van der Waals surface area contributed by atoms with Gasteiger partial charge in [0.15, 0.2) is 0 Å². The van der Waals surface area contributed by atoms with Crippen molar-refractivity contribution >= 4 is 17.6 Å². The molecule has 2 N–H and O–H groups in total. The van der Waals surface area contributed by atoms with Crippen LogP contribution in [0.2, 0.25) is 0 Å². The van der Waals surface area contributed by atoms with Crippen molar-refractivity contribution < 1.29 is 14.7 Å². The zero-order valence-electron chi connectivity index (χ0n) is 10.7. The number of nitrogens with one attached hydrogen (secondary N) is 1. The summed E-state index contributed by atoms with van der Waals surface area (Å²) >= 11 is 0. The van der Waals surface area contributed by atoms with Crippen LogP contribution in [0.25, 0.3) is 0 Å². The van der Waals surface area contributed by atoms with Crippen molar-refractivity contribution in [2.75, 3.05) is 25.0 Å². The third-order valence-electron chi connectivity index (χ3n) is 2.46. The molecule has 0 atom stereocenters. The second-order valence-corrected chi connectivity index (χ2v) is 4.11. The van der Waals surface area contributed by atoms with Crippen molar-refractivity contribution in [1.82, 2.24) is 4.90 Å². The van der Waals surface area contributed by atoms with Gasteiger partial charge in [0.1, 0.15) is 0 Å².